The van der Waals surface area contributed by atoms with Gasteiger partial charge in [-0.05, 0) is 25.2 Å². The standard InChI is InChI=1S/C15H26N2O2S/c1-11(2)9-15(5-3-4-6-15)14(18)17-7-8-19-12(10-17)13(16)20/h11-12H,3-10H2,1-2H3,(H2,16,20). The molecule has 20 heavy (non-hydrogen) atoms. The van der Waals surface area contributed by atoms with Gasteiger partial charge in [-0.25, -0.2) is 0 Å². The Hall–Kier alpha value is -0.680. The highest BCUT2D eigenvalue weighted by Gasteiger charge is 2.44. The number of morpholine rings is 1. The van der Waals surface area contributed by atoms with Crippen molar-refractivity contribution in [2.45, 2.75) is 52.1 Å². The van der Waals surface area contributed by atoms with Crippen LogP contribution in [0.4, 0.5) is 0 Å². The summed E-state index contributed by atoms with van der Waals surface area (Å²) >= 11 is 5.00. The zero-order chi connectivity index (χ0) is 14.8. The highest BCUT2D eigenvalue weighted by Crippen LogP contribution is 2.44. The van der Waals surface area contributed by atoms with Gasteiger partial charge in [0.2, 0.25) is 5.91 Å². The minimum absolute atomic E-state index is 0.147. The molecule has 0 spiro atoms. The number of amides is 1. The molecule has 1 saturated carbocycles. The average molecular weight is 298 g/mol. The van der Waals surface area contributed by atoms with Crippen molar-refractivity contribution >= 4 is 23.1 Å². The summed E-state index contributed by atoms with van der Waals surface area (Å²) in [5.41, 5.74) is 5.52. The molecule has 0 bridgehead atoms. The summed E-state index contributed by atoms with van der Waals surface area (Å²) in [6.45, 7) is 6.12. The van der Waals surface area contributed by atoms with Crippen LogP contribution in [0.2, 0.25) is 0 Å². The van der Waals surface area contributed by atoms with E-state index in [9.17, 15) is 4.79 Å². The second kappa shape index (κ2) is 6.39. The Balaban J connectivity index is 2.09. The summed E-state index contributed by atoms with van der Waals surface area (Å²) < 4.78 is 5.54. The number of nitrogens with zero attached hydrogens (tertiary/aromatic N) is 1. The van der Waals surface area contributed by atoms with Gasteiger partial charge in [0.15, 0.2) is 0 Å². The van der Waals surface area contributed by atoms with Gasteiger partial charge in [0.05, 0.1) is 13.2 Å². The largest absolute Gasteiger partial charge is 0.391 e. The maximum absolute atomic E-state index is 13.0. The Morgan fingerprint density at radius 1 is 1.45 bits per heavy atom. The zero-order valence-electron chi connectivity index (χ0n) is 12.6. The van der Waals surface area contributed by atoms with Gasteiger partial charge in [-0.3, -0.25) is 4.79 Å². The summed E-state index contributed by atoms with van der Waals surface area (Å²) in [6, 6.07) is 0. The molecule has 1 saturated heterocycles. The van der Waals surface area contributed by atoms with Crippen molar-refractivity contribution in [3.63, 3.8) is 0 Å². The molecule has 0 radical (unpaired) electrons. The molecular formula is C15H26N2O2S. The van der Waals surface area contributed by atoms with E-state index in [1.165, 1.54) is 12.8 Å². The molecule has 5 heteroatoms. The Bertz CT molecular complexity index is 378. The van der Waals surface area contributed by atoms with Gasteiger partial charge < -0.3 is 15.4 Å². The van der Waals surface area contributed by atoms with E-state index in [0.29, 0.717) is 36.5 Å². The number of ether oxygens (including phenoxy) is 1. The third-order valence-electron chi connectivity index (χ3n) is 4.48. The minimum atomic E-state index is -0.278. The van der Waals surface area contributed by atoms with Crippen molar-refractivity contribution in [3.8, 4) is 0 Å². The number of thiocarbonyl (C=S) groups is 1. The summed E-state index contributed by atoms with van der Waals surface area (Å²) in [4.78, 5) is 15.3. The van der Waals surface area contributed by atoms with Crippen molar-refractivity contribution < 1.29 is 9.53 Å². The molecule has 0 aromatic heterocycles. The smallest absolute Gasteiger partial charge is 0.228 e. The second-order valence-electron chi connectivity index (χ2n) is 6.60. The van der Waals surface area contributed by atoms with Crippen LogP contribution in [0.5, 0.6) is 0 Å². The van der Waals surface area contributed by atoms with Gasteiger partial charge in [-0.15, -0.1) is 0 Å². The third kappa shape index (κ3) is 3.31. The number of rotatable bonds is 4. The molecule has 1 aliphatic carbocycles. The lowest BCUT2D eigenvalue weighted by atomic mass is 9.77. The van der Waals surface area contributed by atoms with E-state index >= 15 is 0 Å². The first kappa shape index (κ1) is 15.7. The Kier molecular flexibility index (Phi) is 5.02. The lowest BCUT2D eigenvalue weighted by molar-refractivity contribution is -0.148. The van der Waals surface area contributed by atoms with Gasteiger partial charge in [0.25, 0.3) is 0 Å². The molecule has 0 aromatic carbocycles. The molecule has 2 aliphatic rings. The lowest BCUT2D eigenvalue weighted by Gasteiger charge is -2.39. The van der Waals surface area contributed by atoms with Gasteiger partial charge in [-0.1, -0.05) is 38.9 Å². The molecule has 1 aliphatic heterocycles. The first-order valence-corrected chi connectivity index (χ1v) is 8.06. The van der Waals surface area contributed by atoms with Crippen LogP contribution in [0.25, 0.3) is 0 Å². The summed E-state index contributed by atoms with van der Waals surface area (Å²) in [6.07, 6.45) is 5.10. The van der Waals surface area contributed by atoms with E-state index in [1.54, 1.807) is 0 Å². The Morgan fingerprint density at radius 3 is 2.65 bits per heavy atom. The number of hydrogen-bond donors (Lipinski definition) is 1. The van der Waals surface area contributed by atoms with Crippen molar-refractivity contribution in [3.05, 3.63) is 0 Å². The highest BCUT2D eigenvalue weighted by molar-refractivity contribution is 7.80. The van der Waals surface area contributed by atoms with Crippen molar-refractivity contribution in [2.24, 2.45) is 17.1 Å². The quantitative estimate of drug-likeness (QED) is 0.808. The molecule has 114 valence electrons. The molecular weight excluding hydrogens is 272 g/mol. The molecule has 4 nitrogen and oxygen atoms in total. The molecule has 1 heterocycles. The lowest BCUT2D eigenvalue weighted by Crippen LogP contribution is -2.53. The molecule has 2 rings (SSSR count). The van der Waals surface area contributed by atoms with Crippen molar-refractivity contribution in [2.75, 3.05) is 19.7 Å². The van der Waals surface area contributed by atoms with Crippen LogP contribution in [0.1, 0.15) is 46.0 Å². The molecule has 2 fully saturated rings. The number of nitrogens with two attached hydrogens (primary N) is 1. The third-order valence-corrected chi connectivity index (χ3v) is 4.75. The van der Waals surface area contributed by atoms with E-state index in [4.69, 9.17) is 22.7 Å². The molecule has 0 aromatic rings. The summed E-state index contributed by atoms with van der Waals surface area (Å²) in [5.74, 6) is 0.845. The summed E-state index contributed by atoms with van der Waals surface area (Å²) in [7, 11) is 0. The predicted molar refractivity (Wildman–Crippen MR) is 83.5 cm³/mol. The predicted octanol–water partition coefficient (Wildman–Crippen LogP) is 2.11. The van der Waals surface area contributed by atoms with E-state index in [2.05, 4.69) is 13.8 Å². The highest BCUT2D eigenvalue weighted by atomic mass is 32.1. The van der Waals surface area contributed by atoms with Gasteiger partial charge >= 0.3 is 0 Å². The number of carbonyl (C=O) groups is 1. The number of carbonyl (C=O) groups excluding carboxylic acids is 1. The minimum Gasteiger partial charge on any atom is -0.391 e. The van der Waals surface area contributed by atoms with Crippen molar-refractivity contribution in [1.29, 1.82) is 0 Å². The monoisotopic (exact) mass is 298 g/mol. The van der Waals surface area contributed by atoms with Gasteiger partial charge in [-0.2, -0.15) is 0 Å². The Morgan fingerprint density at radius 2 is 2.10 bits per heavy atom. The molecule has 2 N–H and O–H groups in total. The van der Waals surface area contributed by atoms with E-state index < -0.39 is 0 Å². The van der Waals surface area contributed by atoms with Crippen LogP contribution < -0.4 is 5.73 Å². The fourth-order valence-electron chi connectivity index (χ4n) is 3.68. The fourth-order valence-corrected chi connectivity index (χ4v) is 3.82. The van der Waals surface area contributed by atoms with Gasteiger partial charge in [0, 0.05) is 12.0 Å². The maximum atomic E-state index is 13.0. The Labute approximate surface area is 127 Å². The zero-order valence-corrected chi connectivity index (χ0v) is 13.4. The number of hydrogen-bond acceptors (Lipinski definition) is 3. The average Bonchev–Trinajstić information content (AvgIpc) is 2.86. The van der Waals surface area contributed by atoms with Crippen molar-refractivity contribution in [1.82, 2.24) is 4.90 Å². The van der Waals surface area contributed by atoms with Crippen LogP contribution in [0.15, 0.2) is 0 Å². The van der Waals surface area contributed by atoms with Crippen LogP contribution in [0, 0.1) is 11.3 Å². The maximum Gasteiger partial charge on any atom is 0.228 e. The fraction of sp³-hybridized carbons (Fsp3) is 0.867. The molecule has 1 atom stereocenters. The normalized spacial score (nSPS) is 25.9. The first-order valence-electron chi connectivity index (χ1n) is 7.65. The van der Waals surface area contributed by atoms with E-state index in [-0.39, 0.29) is 11.5 Å². The SMILES string of the molecule is CC(C)CC1(C(=O)N2CCOC(C(N)=S)C2)CCCC1. The molecule has 1 unspecified atom stereocenters. The second-order valence-corrected chi connectivity index (χ2v) is 7.07. The molecule has 1 amide bonds. The van der Waals surface area contributed by atoms with Crippen LogP contribution >= 0.6 is 12.2 Å². The topological polar surface area (TPSA) is 55.6 Å². The van der Waals surface area contributed by atoms with Crippen LogP contribution in [-0.4, -0.2) is 41.6 Å². The van der Waals surface area contributed by atoms with Crippen LogP contribution in [-0.2, 0) is 9.53 Å². The van der Waals surface area contributed by atoms with Crippen LogP contribution in [0.3, 0.4) is 0 Å². The summed E-state index contributed by atoms with van der Waals surface area (Å²) in [5, 5.41) is 0. The van der Waals surface area contributed by atoms with E-state index in [0.717, 1.165) is 19.3 Å². The van der Waals surface area contributed by atoms with Gasteiger partial charge in [0.1, 0.15) is 11.1 Å². The first-order chi connectivity index (χ1) is 9.44. The van der Waals surface area contributed by atoms with E-state index in [1.807, 2.05) is 4.90 Å².